The Kier molecular flexibility index (Phi) is 3.44. The summed E-state index contributed by atoms with van der Waals surface area (Å²) in [5.74, 6) is 0.926. The Hall–Kier alpha value is -1.52. The number of aryl methyl sites for hydroxylation is 1. The van der Waals surface area contributed by atoms with E-state index in [1.165, 1.54) is 10.9 Å². The third-order valence-electron chi connectivity index (χ3n) is 3.77. The highest BCUT2D eigenvalue weighted by Gasteiger charge is 2.14. The van der Waals surface area contributed by atoms with Crippen LogP contribution in [0.25, 0.3) is 11.0 Å². The molecule has 2 aromatic rings. The SMILES string of the molecule is COc1cc2c(CN3CCNCC3)coc2cc1C. The van der Waals surface area contributed by atoms with Crippen LogP contribution >= 0.6 is 0 Å². The normalized spacial score (nSPS) is 16.9. The minimum atomic E-state index is 0.926. The first kappa shape index (κ1) is 12.5. The molecule has 2 heterocycles. The number of ether oxygens (including phenoxy) is 1. The molecule has 0 unspecified atom stereocenters. The second-order valence-corrected chi connectivity index (χ2v) is 5.11. The van der Waals surface area contributed by atoms with Crippen molar-refractivity contribution in [2.24, 2.45) is 0 Å². The Bertz CT molecular complexity index is 571. The highest BCUT2D eigenvalue weighted by molar-refractivity contribution is 5.83. The zero-order valence-electron chi connectivity index (χ0n) is 11.5. The van der Waals surface area contributed by atoms with E-state index in [0.29, 0.717) is 0 Å². The average molecular weight is 260 g/mol. The van der Waals surface area contributed by atoms with Crippen LogP contribution in [0.3, 0.4) is 0 Å². The van der Waals surface area contributed by atoms with E-state index in [4.69, 9.17) is 9.15 Å². The summed E-state index contributed by atoms with van der Waals surface area (Å²) in [6.45, 7) is 7.30. The van der Waals surface area contributed by atoms with Gasteiger partial charge in [0.2, 0.25) is 0 Å². The fraction of sp³-hybridized carbons (Fsp3) is 0.467. The number of methoxy groups -OCH3 is 1. The summed E-state index contributed by atoms with van der Waals surface area (Å²) in [5, 5.41) is 4.54. The summed E-state index contributed by atoms with van der Waals surface area (Å²) in [5.41, 5.74) is 3.30. The highest BCUT2D eigenvalue weighted by Crippen LogP contribution is 2.29. The molecule has 4 heteroatoms. The van der Waals surface area contributed by atoms with Crippen molar-refractivity contribution >= 4 is 11.0 Å². The van der Waals surface area contributed by atoms with Crippen molar-refractivity contribution in [2.45, 2.75) is 13.5 Å². The molecule has 1 aromatic heterocycles. The van der Waals surface area contributed by atoms with Gasteiger partial charge >= 0.3 is 0 Å². The van der Waals surface area contributed by atoms with E-state index in [0.717, 1.165) is 49.6 Å². The van der Waals surface area contributed by atoms with Gasteiger partial charge in [-0.3, -0.25) is 4.90 Å². The van der Waals surface area contributed by atoms with E-state index in [1.807, 2.05) is 13.2 Å². The molecule has 1 aliphatic rings. The van der Waals surface area contributed by atoms with Gasteiger partial charge in [-0.15, -0.1) is 0 Å². The number of nitrogens with one attached hydrogen (secondary N) is 1. The van der Waals surface area contributed by atoms with Gasteiger partial charge in [0.05, 0.1) is 13.4 Å². The third kappa shape index (κ3) is 2.46. The average Bonchev–Trinajstić information content (AvgIpc) is 2.81. The third-order valence-corrected chi connectivity index (χ3v) is 3.77. The molecule has 1 aliphatic heterocycles. The molecule has 1 saturated heterocycles. The standard InChI is InChI=1S/C15H20N2O2/c1-11-7-15-13(8-14(11)18-2)12(10-19-15)9-17-5-3-16-4-6-17/h7-8,10,16H,3-6,9H2,1-2H3. The Labute approximate surface area is 113 Å². The zero-order chi connectivity index (χ0) is 13.2. The van der Waals surface area contributed by atoms with Gasteiger partial charge in [0.1, 0.15) is 11.3 Å². The van der Waals surface area contributed by atoms with Gasteiger partial charge in [0.25, 0.3) is 0 Å². The molecule has 1 aromatic carbocycles. The lowest BCUT2D eigenvalue weighted by molar-refractivity contribution is 0.233. The molecule has 0 aliphatic carbocycles. The molecule has 19 heavy (non-hydrogen) atoms. The fourth-order valence-electron chi connectivity index (χ4n) is 2.66. The van der Waals surface area contributed by atoms with Gasteiger partial charge in [-0.2, -0.15) is 0 Å². The maximum atomic E-state index is 5.67. The van der Waals surface area contributed by atoms with Crippen LogP contribution in [0.5, 0.6) is 5.75 Å². The van der Waals surface area contributed by atoms with Crippen molar-refractivity contribution in [3.63, 3.8) is 0 Å². The molecule has 0 atom stereocenters. The predicted molar refractivity (Wildman–Crippen MR) is 75.6 cm³/mol. The first-order valence-corrected chi connectivity index (χ1v) is 6.75. The second kappa shape index (κ2) is 5.23. The first-order chi connectivity index (χ1) is 9.28. The van der Waals surface area contributed by atoms with Crippen molar-refractivity contribution in [1.29, 1.82) is 0 Å². The van der Waals surface area contributed by atoms with Gasteiger partial charge in [0, 0.05) is 43.7 Å². The Morgan fingerprint density at radius 2 is 2.11 bits per heavy atom. The predicted octanol–water partition coefficient (Wildman–Crippen LogP) is 2.16. The Morgan fingerprint density at radius 3 is 2.84 bits per heavy atom. The number of rotatable bonds is 3. The van der Waals surface area contributed by atoms with Crippen LogP contribution in [0, 0.1) is 6.92 Å². The topological polar surface area (TPSA) is 37.6 Å². The number of piperazine rings is 1. The number of furan rings is 1. The van der Waals surface area contributed by atoms with Crippen LogP contribution in [0.2, 0.25) is 0 Å². The van der Waals surface area contributed by atoms with Gasteiger partial charge in [-0.05, 0) is 24.6 Å². The zero-order valence-corrected chi connectivity index (χ0v) is 11.5. The van der Waals surface area contributed by atoms with E-state index in [2.05, 4.69) is 22.3 Å². The summed E-state index contributed by atoms with van der Waals surface area (Å²) < 4.78 is 11.1. The maximum Gasteiger partial charge on any atom is 0.134 e. The van der Waals surface area contributed by atoms with Crippen molar-refractivity contribution in [2.75, 3.05) is 33.3 Å². The van der Waals surface area contributed by atoms with Crippen LogP contribution in [0.4, 0.5) is 0 Å². The largest absolute Gasteiger partial charge is 0.496 e. The molecule has 1 fully saturated rings. The molecular weight excluding hydrogens is 240 g/mol. The Morgan fingerprint density at radius 1 is 1.32 bits per heavy atom. The molecule has 1 N–H and O–H groups in total. The number of fused-ring (bicyclic) bond motifs is 1. The molecule has 0 bridgehead atoms. The molecule has 0 amide bonds. The number of nitrogens with zero attached hydrogens (tertiary/aromatic N) is 1. The molecular formula is C15H20N2O2. The fourth-order valence-corrected chi connectivity index (χ4v) is 2.66. The van der Waals surface area contributed by atoms with Crippen molar-refractivity contribution in [1.82, 2.24) is 10.2 Å². The summed E-state index contributed by atoms with van der Waals surface area (Å²) in [6.07, 6.45) is 1.88. The van der Waals surface area contributed by atoms with Crippen LogP contribution in [0.15, 0.2) is 22.8 Å². The highest BCUT2D eigenvalue weighted by atomic mass is 16.5. The number of hydrogen-bond donors (Lipinski definition) is 1. The molecule has 102 valence electrons. The van der Waals surface area contributed by atoms with Gasteiger partial charge < -0.3 is 14.5 Å². The molecule has 0 radical (unpaired) electrons. The minimum absolute atomic E-state index is 0.926. The summed E-state index contributed by atoms with van der Waals surface area (Å²) in [7, 11) is 1.71. The van der Waals surface area contributed by atoms with Crippen LogP contribution in [-0.4, -0.2) is 38.2 Å². The summed E-state index contributed by atoms with van der Waals surface area (Å²) >= 11 is 0. The quantitative estimate of drug-likeness (QED) is 0.917. The van der Waals surface area contributed by atoms with Crippen molar-refractivity contribution in [3.8, 4) is 5.75 Å². The minimum Gasteiger partial charge on any atom is -0.496 e. The monoisotopic (exact) mass is 260 g/mol. The van der Waals surface area contributed by atoms with E-state index in [9.17, 15) is 0 Å². The van der Waals surface area contributed by atoms with E-state index in [1.54, 1.807) is 7.11 Å². The Balaban J connectivity index is 1.90. The van der Waals surface area contributed by atoms with Gasteiger partial charge in [-0.25, -0.2) is 0 Å². The lowest BCUT2D eigenvalue weighted by atomic mass is 10.1. The molecule has 0 spiro atoms. The lowest BCUT2D eigenvalue weighted by Gasteiger charge is -2.26. The van der Waals surface area contributed by atoms with Crippen LogP contribution in [-0.2, 0) is 6.54 Å². The van der Waals surface area contributed by atoms with Crippen LogP contribution in [0.1, 0.15) is 11.1 Å². The van der Waals surface area contributed by atoms with E-state index in [-0.39, 0.29) is 0 Å². The van der Waals surface area contributed by atoms with Gasteiger partial charge in [-0.1, -0.05) is 0 Å². The number of hydrogen-bond acceptors (Lipinski definition) is 4. The maximum absolute atomic E-state index is 5.67. The van der Waals surface area contributed by atoms with Crippen molar-refractivity contribution < 1.29 is 9.15 Å². The molecule has 0 saturated carbocycles. The second-order valence-electron chi connectivity index (χ2n) is 5.11. The van der Waals surface area contributed by atoms with Crippen LogP contribution < -0.4 is 10.1 Å². The number of benzene rings is 1. The lowest BCUT2D eigenvalue weighted by Crippen LogP contribution is -2.42. The summed E-state index contributed by atoms with van der Waals surface area (Å²) in [4.78, 5) is 2.45. The summed E-state index contributed by atoms with van der Waals surface area (Å²) in [6, 6.07) is 4.14. The smallest absolute Gasteiger partial charge is 0.134 e. The van der Waals surface area contributed by atoms with Gasteiger partial charge in [0.15, 0.2) is 0 Å². The first-order valence-electron chi connectivity index (χ1n) is 6.75. The van der Waals surface area contributed by atoms with E-state index < -0.39 is 0 Å². The molecule has 4 nitrogen and oxygen atoms in total. The van der Waals surface area contributed by atoms with Crippen molar-refractivity contribution in [3.05, 3.63) is 29.5 Å². The van der Waals surface area contributed by atoms with E-state index >= 15 is 0 Å². The molecule has 3 rings (SSSR count).